The Morgan fingerprint density at radius 2 is 1.67 bits per heavy atom. The molecule has 4 aromatic rings. The van der Waals surface area contributed by atoms with Crippen molar-refractivity contribution in [2.45, 2.75) is 55.6 Å². The van der Waals surface area contributed by atoms with Crippen molar-refractivity contribution in [1.29, 1.82) is 0 Å². The molecule has 1 unspecified atom stereocenters. The Hall–Kier alpha value is -4.48. The molecule has 1 heterocycles. The lowest BCUT2D eigenvalue weighted by Gasteiger charge is -2.18. The third-order valence-electron chi connectivity index (χ3n) is 7.41. The zero-order valence-corrected chi connectivity index (χ0v) is 26.4. The molecule has 0 saturated carbocycles. The number of nitro groups is 1. The van der Waals surface area contributed by atoms with Crippen molar-refractivity contribution >= 4 is 57.3 Å². The summed E-state index contributed by atoms with van der Waals surface area (Å²) in [7, 11) is 0. The van der Waals surface area contributed by atoms with E-state index < -0.39 is 22.0 Å². The van der Waals surface area contributed by atoms with Gasteiger partial charge in [0.2, 0.25) is 5.91 Å². The van der Waals surface area contributed by atoms with E-state index in [1.165, 1.54) is 47.4 Å². The number of non-ortho nitro benzene ring substituents is 1. The highest BCUT2D eigenvalue weighted by Gasteiger charge is 2.29. The molecular weight excluding hydrogens is 611 g/mol. The summed E-state index contributed by atoms with van der Waals surface area (Å²) in [6.07, 6.45) is 5.95. The maximum absolute atomic E-state index is 14.0. The fourth-order valence-corrected chi connectivity index (χ4v) is 7.59. The van der Waals surface area contributed by atoms with Gasteiger partial charge in [-0.15, -0.1) is 23.1 Å². The molecule has 3 aromatic carbocycles. The van der Waals surface area contributed by atoms with E-state index >= 15 is 0 Å². The molecule has 0 fully saturated rings. The summed E-state index contributed by atoms with van der Waals surface area (Å²) >= 11 is 2.80. The monoisotopic (exact) mass is 643 g/mol. The van der Waals surface area contributed by atoms with Gasteiger partial charge in [-0.3, -0.25) is 19.7 Å². The fourth-order valence-electron chi connectivity index (χ4n) is 5.23. The van der Waals surface area contributed by atoms with E-state index in [2.05, 4.69) is 10.6 Å². The van der Waals surface area contributed by atoms with Gasteiger partial charge in [-0.2, -0.15) is 0 Å². The predicted octanol–water partition coefficient (Wildman–Crippen LogP) is 8.22. The molecule has 0 saturated heterocycles. The number of esters is 1. The van der Waals surface area contributed by atoms with E-state index in [9.17, 15) is 24.5 Å². The summed E-state index contributed by atoms with van der Waals surface area (Å²) in [5.74, 6) is -1.10. The second-order valence-electron chi connectivity index (χ2n) is 10.5. The Bertz CT molecular complexity index is 1690. The summed E-state index contributed by atoms with van der Waals surface area (Å²) in [6.45, 7) is 2.02. The van der Waals surface area contributed by atoms with Crippen molar-refractivity contribution < 1.29 is 24.0 Å². The first-order valence-electron chi connectivity index (χ1n) is 14.8. The van der Waals surface area contributed by atoms with Gasteiger partial charge in [0.15, 0.2) is 0 Å². The Balaban J connectivity index is 1.39. The Morgan fingerprint density at radius 1 is 0.933 bits per heavy atom. The molecule has 0 radical (unpaired) electrons. The molecule has 0 spiro atoms. The predicted molar refractivity (Wildman–Crippen MR) is 177 cm³/mol. The van der Waals surface area contributed by atoms with Gasteiger partial charge in [0.05, 0.1) is 17.1 Å². The largest absolute Gasteiger partial charge is 0.462 e. The number of ether oxygens (including phenoxy) is 1. The van der Waals surface area contributed by atoms with Crippen LogP contribution in [0.25, 0.3) is 0 Å². The van der Waals surface area contributed by atoms with Crippen LogP contribution >= 0.6 is 23.1 Å². The quantitative estimate of drug-likeness (QED) is 0.0771. The van der Waals surface area contributed by atoms with Crippen molar-refractivity contribution in [2.75, 3.05) is 17.2 Å². The summed E-state index contributed by atoms with van der Waals surface area (Å²) in [5.41, 5.74) is 2.95. The van der Waals surface area contributed by atoms with E-state index in [4.69, 9.17) is 4.74 Å². The minimum atomic E-state index is -0.661. The van der Waals surface area contributed by atoms with Crippen molar-refractivity contribution in [3.05, 3.63) is 116 Å². The van der Waals surface area contributed by atoms with Crippen molar-refractivity contribution in [1.82, 2.24) is 0 Å². The van der Waals surface area contributed by atoms with Gasteiger partial charge in [0.25, 0.3) is 11.6 Å². The first kappa shape index (κ1) is 31.9. The number of nitrogens with one attached hydrogen (secondary N) is 2. The molecule has 0 bridgehead atoms. The summed E-state index contributed by atoms with van der Waals surface area (Å²) in [6, 6.07) is 21.9. The molecule has 1 aliphatic carbocycles. The van der Waals surface area contributed by atoms with Crippen LogP contribution in [-0.2, 0) is 22.4 Å². The second-order valence-corrected chi connectivity index (χ2v) is 12.8. The number of rotatable bonds is 10. The normalized spacial score (nSPS) is 13.4. The molecule has 11 heteroatoms. The van der Waals surface area contributed by atoms with Crippen LogP contribution < -0.4 is 10.6 Å². The average Bonchev–Trinajstić information content (AvgIpc) is 3.35. The van der Waals surface area contributed by atoms with Crippen molar-refractivity contribution in [2.24, 2.45) is 0 Å². The van der Waals surface area contributed by atoms with Crippen LogP contribution in [0.3, 0.4) is 0 Å². The zero-order valence-electron chi connectivity index (χ0n) is 24.7. The third-order valence-corrected chi connectivity index (χ3v) is 9.87. The second kappa shape index (κ2) is 15.0. The summed E-state index contributed by atoms with van der Waals surface area (Å²) in [5, 5.41) is 16.7. The van der Waals surface area contributed by atoms with Crippen LogP contribution in [0.4, 0.5) is 16.4 Å². The Kier molecular flexibility index (Phi) is 10.6. The number of hydrogen-bond acceptors (Lipinski definition) is 8. The number of amides is 2. The maximum atomic E-state index is 14.0. The number of nitro benzene ring substituents is 1. The van der Waals surface area contributed by atoms with Crippen molar-refractivity contribution in [3.8, 4) is 0 Å². The lowest BCUT2D eigenvalue weighted by atomic mass is 9.96. The summed E-state index contributed by atoms with van der Waals surface area (Å²) < 4.78 is 5.43. The number of fused-ring (bicyclic) bond motifs is 1. The van der Waals surface area contributed by atoms with E-state index in [1.807, 2.05) is 36.4 Å². The fraction of sp³-hybridized carbons (Fsp3) is 0.265. The van der Waals surface area contributed by atoms with Gasteiger partial charge in [0.1, 0.15) is 10.3 Å². The topological polar surface area (TPSA) is 128 Å². The first-order chi connectivity index (χ1) is 21.8. The minimum absolute atomic E-state index is 0.0988. The van der Waals surface area contributed by atoms with Crippen LogP contribution in [0.2, 0.25) is 0 Å². The number of hydrogen-bond donors (Lipinski definition) is 2. The van der Waals surface area contributed by atoms with E-state index in [0.717, 1.165) is 59.4 Å². The molecule has 1 atom stereocenters. The van der Waals surface area contributed by atoms with Gasteiger partial charge in [-0.25, -0.2) is 4.79 Å². The molecule has 1 aromatic heterocycles. The number of benzene rings is 3. The molecule has 9 nitrogen and oxygen atoms in total. The number of aryl methyl sites for hydroxylation is 1. The van der Waals surface area contributed by atoms with Crippen LogP contribution in [0.15, 0.2) is 83.8 Å². The number of thiophene rings is 1. The average molecular weight is 644 g/mol. The van der Waals surface area contributed by atoms with Crippen LogP contribution in [0.5, 0.6) is 0 Å². The lowest BCUT2D eigenvalue weighted by Crippen LogP contribution is -2.20. The van der Waals surface area contributed by atoms with E-state index in [1.54, 1.807) is 25.1 Å². The zero-order chi connectivity index (χ0) is 31.8. The smallest absolute Gasteiger partial charge is 0.341 e. The number of carbonyl (C=O) groups excluding carboxylic acids is 3. The molecule has 0 aliphatic heterocycles. The molecule has 2 amide bonds. The van der Waals surface area contributed by atoms with Crippen LogP contribution in [-0.4, -0.2) is 29.3 Å². The number of carbonyl (C=O) groups is 3. The number of thioether (sulfide) groups is 1. The molecule has 45 heavy (non-hydrogen) atoms. The molecule has 1 aliphatic rings. The van der Waals surface area contributed by atoms with Gasteiger partial charge in [0, 0.05) is 33.2 Å². The maximum Gasteiger partial charge on any atom is 0.341 e. The van der Waals surface area contributed by atoms with Crippen LogP contribution in [0.1, 0.15) is 74.6 Å². The molecule has 2 N–H and O–H groups in total. The Labute approximate surface area is 269 Å². The molecular formula is C34H33N3O6S2. The standard InChI is InChI=1S/C34H33N3O6S2/c1-2-43-34(40)29-27-15-8-3-4-9-16-28(27)45-33(29)36-32(39)30(22-11-6-5-7-12-22)44-26-14-10-13-24(21-26)35-31(38)23-17-19-25(20-18-23)37(41)42/h5-7,10-14,17-21,30H,2-4,8-9,15-16H2,1H3,(H,35,38)(H,36,39). The summed E-state index contributed by atoms with van der Waals surface area (Å²) in [4.78, 5) is 52.3. The highest BCUT2D eigenvalue weighted by molar-refractivity contribution is 8.00. The highest BCUT2D eigenvalue weighted by atomic mass is 32.2. The van der Waals surface area contributed by atoms with E-state index in [0.29, 0.717) is 16.3 Å². The van der Waals surface area contributed by atoms with E-state index in [-0.39, 0.29) is 23.8 Å². The van der Waals surface area contributed by atoms with Crippen LogP contribution in [0, 0.1) is 10.1 Å². The SMILES string of the molecule is CCOC(=O)c1c(NC(=O)C(Sc2cccc(NC(=O)c3ccc([N+](=O)[O-])cc3)c2)c2ccccc2)sc2c1CCCCCC2. The Morgan fingerprint density at radius 3 is 2.38 bits per heavy atom. The number of nitrogens with zero attached hydrogens (tertiary/aromatic N) is 1. The van der Waals surface area contributed by atoms with Gasteiger partial charge in [-0.1, -0.05) is 49.2 Å². The van der Waals surface area contributed by atoms with Gasteiger partial charge >= 0.3 is 5.97 Å². The minimum Gasteiger partial charge on any atom is -0.462 e. The number of anilines is 2. The van der Waals surface area contributed by atoms with Crippen molar-refractivity contribution in [3.63, 3.8) is 0 Å². The van der Waals surface area contributed by atoms with Gasteiger partial charge in [-0.05, 0) is 74.1 Å². The molecule has 5 rings (SSSR count). The highest BCUT2D eigenvalue weighted by Crippen LogP contribution is 2.41. The molecule has 232 valence electrons. The van der Waals surface area contributed by atoms with Gasteiger partial charge < -0.3 is 15.4 Å². The lowest BCUT2D eigenvalue weighted by molar-refractivity contribution is -0.384. The third kappa shape index (κ3) is 7.98. The first-order valence-corrected chi connectivity index (χ1v) is 16.5.